The fourth-order valence-corrected chi connectivity index (χ4v) is 4.25. The molecule has 168 valence electrons. The van der Waals surface area contributed by atoms with Crippen molar-refractivity contribution < 1.29 is 9.47 Å². The molecule has 0 spiro atoms. The van der Waals surface area contributed by atoms with Crippen molar-refractivity contribution in [1.29, 1.82) is 0 Å². The summed E-state index contributed by atoms with van der Waals surface area (Å²) in [4.78, 5) is 24.9. The molecule has 3 aromatic carbocycles. The average molecular weight is 450 g/mol. The van der Waals surface area contributed by atoms with E-state index in [-0.39, 0.29) is 5.56 Å². The number of rotatable bonds is 4. The van der Waals surface area contributed by atoms with E-state index in [0.29, 0.717) is 36.7 Å². The van der Waals surface area contributed by atoms with Gasteiger partial charge in [-0.15, -0.1) is 0 Å². The van der Waals surface area contributed by atoms with E-state index < -0.39 is 0 Å². The number of pyridine rings is 1. The Kier molecular flexibility index (Phi) is 5.07. The van der Waals surface area contributed by atoms with E-state index in [2.05, 4.69) is 44.5 Å². The second-order valence-corrected chi connectivity index (χ2v) is 8.22. The van der Waals surface area contributed by atoms with E-state index in [4.69, 9.17) is 9.47 Å². The van der Waals surface area contributed by atoms with E-state index in [0.717, 1.165) is 45.4 Å². The van der Waals surface area contributed by atoms with Crippen LogP contribution in [0.25, 0.3) is 32.9 Å². The lowest BCUT2D eigenvalue weighted by Gasteiger charge is -2.11. The minimum Gasteiger partial charge on any atom is -0.490 e. The molecule has 0 aliphatic carbocycles. The van der Waals surface area contributed by atoms with Gasteiger partial charge in [-0.3, -0.25) is 9.78 Å². The monoisotopic (exact) mass is 450 g/mol. The smallest absolute Gasteiger partial charge is 0.262 e. The van der Waals surface area contributed by atoms with Crippen LogP contribution in [0.2, 0.25) is 0 Å². The molecule has 5 aromatic rings. The first-order valence-corrected chi connectivity index (χ1v) is 11.3. The van der Waals surface area contributed by atoms with Crippen LogP contribution in [0.4, 0.5) is 5.95 Å². The molecule has 0 bridgehead atoms. The lowest BCUT2D eigenvalue weighted by Crippen LogP contribution is -2.14. The van der Waals surface area contributed by atoms with Gasteiger partial charge in [-0.25, -0.2) is 4.98 Å². The first-order valence-electron chi connectivity index (χ1n) is 11.3. The molecule has 0 atom stereocenters. The molecule has 0 amide bonds. The van der Waals surface area contributed by atoms with Crippen molar-refractivity contribution in [2.24, 2.45) is 0 Å². The maximum Gasteiger partial charge on any atom is 0.262 e. The number of ether oxygens (including phenoxy) is 2. The Balaban J connectivity index is 1.31. The summed E-state index contributed by atoms with van der Waals surface area (Å²) >= 11 is 0. The van der Waals surface area contributed by atoms with Crippen molar-refractivity contribution in [3.8, 4) is 22.6 Å². The van der Waals surface area contributed by atoms with Crippen LogP contribution in [0.5, 0.6) is 11.5 Å². The van der Waals surface area contributed by atoms with Crippen molar-refractivity contribution in [1.82, 2.24) is 15.0 Å². The molecule has 2 aromatic heterocycles. The Labute approximate surface area is 195 Å². The Bertz CT molecular complexity index is 1580. The number of hydrogen-bond acceptors (Lipinski definition) is 6. The van der Waals surface area contributed by atoms with Gasteiger partial charge in [0.25, 0.3) is 5.56 Å². The summed E-state index contributed by atoms with van der Waals surface area (Å²) in [5, 5.41) is 5.93. The number of benzene rings is 3. The van der Waals surface area contributed by atoms with Gasteiger partial charge in [0.05, 0.1) is 18.6 Å². The summed E-state index contributed by atoms with van der Waals surface area (Å²) in [6.45, 7) is 1.76. The largest absolute Gasteiger partial charge is 0.490 e. The number of aromatic nitrogens is 3. The third-order valence-corrected chi connectivity index (χ3v) is 5.94. The van der Waals surface area contributed by atoms with Gasteiger partial charge < -0.3 is 14.8 Å². The summed E-state index contributed by atoms with van der Waals surface area (Å²) in [6.07, 6.45) is 2.55. The SMILES string of the molecule is O=c1[nH]c(NCc2ccc3c(c2)OCCCO3)nc2nccc(-c3ccc4ccccc4c3)c12. The van der Waals surface area contributed by atoms with Crippen LogP contribution in [0.1, 0.15) is 12.0 Å². The van der Waals surface area contributed by atoms with Gasteiger partial charge in [-0.2, -0.15) is 4.98 Å². The molecule has 7 nitrogen and oxygen atoms in total. The second-order valence-electron chi connectivity index (χ2n) is 8.22. The van der Waals surface area contributed by atoms with Crippen molar-refractivity contribution in [2.45, 2.75) is 13.0 Å². The van der Waals surface area contributed by atoms with Crippen molar-refractivity contribution >= 4 is 27.8 Å². The molecule has 0 unspecified atom stereocenters. The zero-order valence-corrected chi connectivity index (χ0v) is 18.4. The third-order valence-electron chi connectivity index (χ3n) is 5.94. The fraction of sp³-hybridized carbons (Fsp3) is 0.148. The van der Waals surface area contributed by atoms with Gasteiger partial charge in [-0.05, 0) is 51.7 Å². The highest BCUT2D eigenvalue weighted by molar-refractivity contribution is 5.95. The van der Waals surface area contributed by atoms with Gasteiger partial charge >= 0.3 is 0 Å². The van der Waals surface area contributed by atoms with E-state index in [9.17, 15) is 4.79 Å². The summed E-state index contributed by atoms with van der Waals surface area (Å²) in [5.74, 6) is 1.86. The van der Waals surface area contributed by atoms with Crippen LogP contribution >= 0.6 is 0 Å². The van der Waals surface area contributed by atoms with Gasteiger partial charge in [0.2, 0.25) is 5.95 Å². The lowest BCUT2D eigenvalue weighted by molar-refractivity contribution is 0.297. The Morgan fingerprint density at radius 2 is 1.76 bits per heavy atom. The average Bonchev–Trinajstić information content (AvgIpc) is 3.12. The van der Waals surface area contributed by atoms with Gasteiger partial charge in [0.1, 0.15) is 0 Å². The predicted molar refractivity (Wildman–Crippen MR) is 132 cm³/mol. The van der Waals surface area contributed by atoms with E-state index in [1.54, 1.807) is 6.20 Å². The summed E-state index contributed by atoms with van der Waals surface area (Å²) < 4.78 is 11.5. The molecular weight excluding hydrogens is 428 g/mol. The molecule has 1 aliphatic heterocycles. The van der Waals surface area contributed by atoms with Crippen molar-refractivity contribution in [3.63, 3.8) is 0 Å². The van der Waals surface area contributed by atoms with Crippen LogP contribution in [-0.2, 0) is 6.54 Å². The quantitative estimate of drug-likeness (QED) is 0.404. The van der Waals surface area contributed by atoms with Crippen LogP contribution < -0.4 is 20.3 Å². The van der Waals surface area contributed by atoms with E-state index >= 15 is 0 Å². The van der Waals surface area contributed by atoms with Crippen molar-refractivity contribution in [3.05, 3.63) is 88.8 Å². The Morgan fingerprint density at radius 1 is 0.912 bits per heavy atom. The Morgan fingerprint density at radius 3 is 2.68 bits per heavy atom. The number of fused-ring (bicyclic) bond motifs is 3. The second kappa shape index (κ2) is 8.51. The van der Waals surface area contributed by atoms with Crippen molar-refractivity contribution in [2.75, 3.05) is 18.5 Å². The first kappa shape index (κ1) is 20.2. The van der Waals surface area contributed by atoms with Crippen LogP contribution in [-0.4, -0.2) is 28.2 Å². The molecule has 0 fully saturated rings. The predicted octanol–water partition coefficient (Wildman–Crippen LogP) is 4.91. The summed E-state index contributed by atoms with van der Waals surface area (Å²) in [6, 6.07) is 22.0. The minimum absolute atomic E-state index is 0.234. The highest BCUT2D eigenvalue weighted by Crippen LogP contribution is 2.31. The summed E-state index contributed by atoms with van der Waals surface area (Å²) in [7, 11) is 0. The normalized spacial score (nSPS) is 13.1. The van der Waals surface area contributed by atoms with Gasteiger partial charge in [0.15, 0.2) is 17.1 Å². The number of nitrogens with one attached hydrogen (secondary N) is 2. The Hall–Kier alpha value is -4.39. The van der Waals surface area contributed by atoms with Gasteiger partial charge in [0, 0.05) is 19.2 Å². The van der Waals surface area contributed by atoms with E-state index in [1.807, 2.05) is 42.5 Å². The zero-order chi connectivity index (χ0) is 22.9. The number of aromatic amines is 1. The number of nitrogens with zero attached hydrogens (tertiary/aromatic N) is 2. The fourth-order valence-electron chi connectivity index (χ4n) is 4.25. The van der Waals surface area contributed by atoms with Gasteiger partial charge in [-0.1, -0.05) is 42.5 Å². The molecule has 0 saturated carbocycles. The number of anilines is 1. The molecular formula is C27H22N4O3. The highest BCUT2D eigenvalue weighted by Gasteiger charge is 2.13. The van der Waals surface area contributed by atoms with Crippen LogP contribution in [0.15, 0.2) is 77.7 Å². The van der Waals surface area contributed by atoms with E-state index in [1.165, 1.54) is 0 Å². The number of hydrogen-bond donors (Lipinski definition) is 2. The highest BCUT2D eigenvalue weighted by atomic mass is 16.5. The molecule has 0 saturated heterocycles. The minimum atomic E-state index is -0.234. The lowest BCUT2D eigenvalue weighted by atomic mass is 10.00. The molecule has 3 heterocycles. The van der Waals surface area contributed by atoms with Crippen LogP contribution in [0.3, 0.4) is 0 Å². The molecule has 6 rings (SSSR count). The topological polar surface area (TPSA) is 89.1 Å². The molecule has 2 N–H and O–H groups in total. The third kappa shape index (κ3) is 3.81. The molecule has 1 aliphatic rings. The first-order chi connectivity index (χ1) is 16.7. The molecule has 7 heteroatoms. The maximum atomic E-state index is 13.1. The summed E-state index contributed by atoms with van der Waals surface area (Å²) in [5.41, 5.74) is 2.91. The molecule has 0 radical (unpaired) electrons. The molecule has 34 heavy (non-hydrogen) atoms. The maximum absolute atomic E-state index is 13.1. The number of H-pyrrole nitrogens is 1. The standard InChI is InChI=1S/C27H22N4O3/c32-26-24-21(20-8-7-18-4-1-2-5-19(18)15-20)10-11-28-25(24)30-27(31-26)29-16-17-6-9-22-23(14-17)34-13-3-12-33-22/h1-2,4-11,14-15H,3,12-13,16H2,(H2,28,29,30,31,32). The zero-order valence-electron chi connectivity index (χ0n) is 18.4. The van der Waals surface area contributed by atoms with Crippen LogP contribution in [0, 0.1) is 0 Å².